The van der Waals surface area contributed by atoms with E-state index in [2.05, 4.69) is 0 Å². The molecule has 0 atom stereocenters. The van der Waals surface area contributed by atoms with Crippen molar-refractivity contribution in [1.82, 2.24) is 0 Å². The van der Waals surface area contributed by atoms with Gasteiger partial charge in [-0.15, -0.1) is 0 Å². The van der Waals surface area contributed by atoms with Gasteiger partial charge in [-0.25, -0.2) is 0 Å². The number of nitrogens with two attached hydrogens (primary N) is 1. The molecule has 0 saturated carbocycles. The van der Waals surface area contributed by atoms with Crippen molar-refractivity contribution in [2.75, 3.05) is 6.54 Å². The highest BCUT2D eigenvalue weighted by Gasteiger charge is 2.22. The van der Waals surface area contributed by atoms with Gasteiger partial charge in [0.05, 0.1) is 6.54 Å². The predicted octanol–water partition coefficient (Wildman–Crippen LogP) is -0.512. The van der Waals surface area contributed by atoms with Crippen LogP contribution in [0.5, 0.6) is 5.75 Å². The lowest BCUT2D eigenvalue weighted by atomic mass is 10.1. The number of rotatable bonds is 2. The molecule has 1 aromatic carbocycles. The van der Waals surface area contributed by atoms with Crippen LogP contribution < -0.4 is 5.73 Å². The largest absolute Gasteiger partial charge is 0.508 e. The van der Waals surface area contributed by atoms with Crippen LogP contribution in [0.3, 0.4) is 0 Å². The summed E-state index contributed by atoms with van der Waals surface area (Å²) in [7, 11) is 0. The van der Waals surface area contributed by atoms with Gasteiger partial charge in [0, 0.05) is 5.56 Å². The number of aliphatic hydroxyl groups is 2. The van der Waals surface area contributed by atoms with E-state index in [-0.39, 0.29) is 17.9 Å². The lowest BCUT2D eigenvalue weighted by Crippen LogP contribution is -2.34. The summed E-state index contributed by atoms with van der Waals surface area (Å²) in [6.45, 7) is -0.280. The Morgan fingerprint density at radius 3 is 2.08 bits per heavy atom. The molecule has 5 N–H and O–H groups in total. The molecule has 1 aromatic rings. The van der Waals surface area contributed by atoms with E-state index in [4.69, 9.17) is 10.8 Å². The number of phenolic OH excluding ortho intramolecular Hbond substituents is 1. The first-order valence-electron chi connectivity index (χ1n) is 3.50. The van der Waals surface area contributed by atoms with E-state index in [1.54, 1.807) is 0 Å². The van der Waals surface area contributed by atoms with Crippen molar-refractivity contribution in [3.05, 3.63) is 29.8 Å². The van der Waals surface area contributed by atoms with Crippen LogP contribution in [0, 0.1) is 0 Å². The van der Waals surface area contributed by atoms with Gasteiger partial charge in [-0.05, 0) is 24.3 Å². The second-order valence-electron chi connectivity index (χ2n) is 2.57. The Balaban J connectivity index is 2.96. The number of aromatic hydroxyl groups is 1. The van der Waals surface area contributed by atoms with E-state index in [1.807, 2.05) is 0 Å². The second kappa shape index (κ2) is 3.10. The van der Waals surface area contributed by atoms with Gasteiger partial charge in [-0.2, -0.15) is 0 Å². The zero-order valence-corrected chi connectivity index (χ0v) is 6.44. The molecule has 0 aliphatic carbocycles. The summed E-state index contributed by atoms with van der Waals surface area (Å²) in [6, 6.07) is 5.54. The molecule has 0 aromatic heterocycles. The summed E-state index contributed by atoms with van der Waals surface area (Å²) < 4.78 is 0. The fourth-order valence-corrected chi connectivity index (χ4v) is 0.846. The Morgan fingerprint density at radius 1 is 1.17 bits per heavy atom. The van der Waals surface area contributed by atoms with Gasteiger partial charge >= 0.3 is 0 Å². The summed E-state index contributed by atoms with van der Waals surface area (Å²) in [6.07, 6.45) is 0. The standard InChI is InChI=1S/C8H11NO3/c9-5-8(11,12)6-1-3-7(10)4-2-6/h1-4,10-12H,5,9H2. The molecule has 0 aliphatic heterocycles. The van der Waals surface area contributed by atoms with E-state index in [1.165, 1.54) is 24.3 Å². The van der Waals surface area contributed by atoms with Crippen LogP contribution in [0.4, 0.5) is 0 Å². The number of phenols is 1. The summed E-state index contributed by atoms with van der Waals surface area (Å²) >= 11 is 0. The normalized spacial score (nSPS) is 11.6. The highest BCUT2D eigenvalue weighted by molar-refractivity contribution is 5.28. The van der Waals surface area contributed by atoms with E-state index in [0.717, 1.165) is 0 Å². The maximum absolute atomic E-state index is 9.23. The minimum absolute atomic E-state index is 0.0755. The molecule has 0 radical (unpaired) electrons. The van der Waals surface area contributed by atoms with Crippen molar-refractivity contribution in [3.63, 3.8) is 0 Å². The minimum atomic E-state index is -2.01. The number of hydrogen-bond acceptors (Lipinski definition) is 4. The molecule has 0 fully saturated rings. The van der Waals surface area contributed by atoms with Crippen LogP contribution in [-0.4, -0.2) is 21.9 Å². The molecule has 66 valence electrons. The van der Waals surface area contributed by atoms with Crippen molar-refractivity contribution in [2.24, 2.45) is 5.73 Å². The van der Waals surface area contributed by atoms with Crippen LogP contribution >= 0.6 is 0 Å². The highest BCUT2D eigenvalue weighted by atomic mass is 16.5. The van der Waals surface area contributed by atoms with Gasteiger partial charge in [0.2, 0.25) is 5.79 Å². The zero-order chi connectivity index (χ0) is 9.19. The fraction of sp³-hybridized carbons (Fsp3) is 0.250. The first-order chi connectivity index (χ1) is 5.56. The average Bonchev–Trinajstić information content (AvgIpc) is 2.05. The SMILES string of the molecule is NCC(O)(O)c1ccc(O)cc1. The molecule has 0 amide bonds. The lowest BCUT2D eigenvalue weighted by Gasteiger charge is -2.19. The summed E-state index contributed by atoms with van der Waals surface area (Å²) in [5.74, 6) is -1.93. The van der Waals surface area contributed by atoms with Gasteiger partial charge in [0.15, 0.2) is 0 Å². The number of benzene rings is 1. The quantitative estimate of drug-likeness (QED) is 0.449. The maximum atomic E-state index is 9.23. The molecule has 4 nitrogen and oxygen atoms in total. The van der Waals surface area contributed by atoms with Gasteiger partial charge in [0.1, 0.15) is 5.75 Å². The van der Waals surface area contributed by atoms with Crippen LogP contribution in [0.25, 0.3) is 0 Å². The van der Waals surface area contributed by atoms with Gasteiger partial charge in [-0.3, -0.25) is 0 Å². The molecule has 0 saturated heterocycles. The third-order valence-corrected chi connectivity index (χ3v) is 1.61. The lowest BCUT2D eigenvalue weighted by molar-refractivity contribution is -0.160. The molecule has 1 rings (SSSR count). The molecular weight excluding hydrogens is 158 g/mol. The van der Waals surface area contributed by atoms with Gasteiger partial charge < -0.3 is 21.1 Å². The monoisotopic (exact) mass is 169 g/mol. The van der Waals surface area contributed by atoms with Crippen LogP contribution in [0.15, 0.2) is 24.3 Å². The summed E-state index contributed by atoms with van der Waals surface area (Å²) in [5.41, 5.74) is 5.38. The van der Waals surface area contributed by atoms with Crippen LogP contribution in [0.2, 0.25) is 0 Å². The van der Waals surface area contributed by atoms with Crippen molar-refractivity contribution in [1.29, 1.82) is 0 Å². The van der Waals surface area contributed by atoms with Crippen molar-refractivity contribution >= 4 is 0 Å². The Kier molecular flexibility index (Phi) is 2.32. The predicted molar refractivity (Wildman–Crippen MR) is 43.3 cm³/mol. The molecule has 12 heavy (non-hydrogen) atoms. The van der Waals surface area contributed by atoms with Crippen LogP contribution in [-0.2, 0) is 5.79 Å². The third kappa shape index (κ3) is 1.73. The molecule has 0 heterocycles. The van der Waals surface area contributed by atoms with E-state index < -0.39 is 5.79 Å². The number of hydrogen-bond donors (Lipinski definition) is 4. The first kappa shape index (κ1) is 8.99. The molecule has 0 aliphatic rings. The van der Waals surface area contributed by atoms with E-state index in [0.29, 0.717) is 0 Å². The Hall–Kier alpha value is -1.10. The average molecular weight is 169 g/mol. The second-order valence-corrected chi connectivity index (χ2v) is 2.57. The molecule has 0 bridgehead atoms. The zero-order valence-electron chi connectivity index (χ0n) is 6.44. The Labute approximate surface area is 69.9 Å². The van der Waals surface area contributed by atoms with E-state index in [9.17, 15) is 10.2 Å². The molecular formula is C8H11NO3. The van der Waals surface area contributed by atoms with Gasteiger partial charge in [-0.1, -0.05) is 0 Å². The Bertz CT molecular complexity index is 256. The topological polar surface area (TPSA) is 86.7 Å². The maximum Gasteiger partial charge on any atom is 0.202 e. The highest BCUT2D eigenvalue weighted by Crippen LogP contribution is 2.18. The van der Waals surface area contributed by atoms with Gasteiger partial charge in [0.25, 0.3) is 0 Å². The van der Waals surface area contributed by atoms with Crippen molar-refractivity contribution in [2.45, 2.75) is 5.79 Å². The summed E-state index contributed by atoms with van der Waals surface area (Å²) in [5, 5.41) is 27.4. The molecule has 4 heteroatoms. The van der Waals surface area contributed by atoms with E-state index >= 15 is 0 Å². The molecule has 0 unspecified atom stereocenters. The molecule has 0 spiro atoms. The third-order valence-electron chi connectivity index (χ3n) is 1.61. The fourth-order valence-electron chi connectivity index (χ4n) is 0.846. The smallest absolute Gasteiger partial charge is 0.202 e. The minimum Gasteiger partial charge on any atom is -0.508 e. The van der Waals surface area contributed by atoms with Crippen molar-refractivity contribution < 1.29 is 15.3 Å². The van der Waals surface area contributed by atoms with Crippen LogP contribution in [0.1, 0.15) is 5.56 Å². The van der Waals surface area contributed by atoms with Crippen molar-refractivity contribution in [3.8, 4) is 5.75 Å². The Morgan fingerprint density at radius 2 is 1.67 bits per heavy atom. The summed E-state index contributed by atoms with van der Waals surface area (Å²) in [4.78, 5) is 0. The first-order valence-corrected chi connectivity index (χ1v) is 3.50.